The van der Waals surface area contributed by atoms with Crippen LogP contribution in [0.25, 0.3) is 0 Å². The third kappa shape index (κ3) is 4.51. The van der Waals surface area contributed by atoms with E-state index in [-0.39, 0.29) is 5.82 Å². The van der Waals surface area contributed by atoms with E-state index in [2.05, 4.69) is 11.6 Å². The molecule has 3 heteroatoms. The number of hydrogen-bond acceptors (Lipinski definition) is 2. The van der Waals surface area contributed by atoms with Crippen LogP contribution in [0.4, 0.5) is 10.1 Å². The Hall–Kier alpha value is -0.700. The smallest absolute Gasteiger partial charge is 0.123 e. The van der Waals surface area contributed by atoms with Crippen molar-refractivity contribution >= 4 is 17.4 Å². The highest BCUT2D eigenvalue weighted by Gasteiger charge is 1.92. The average molecular weight is 213 g/mol. The molecule has 1 nitrogen and oxygen atoms in total. The number of nitrogens with one attached hydrogen (secondary N) is 1. The topological polar surface area (TPSA) is 12.0 Å². The number of rotatable bonds is 6. The highest BCUT2D eigenvalue weighted by Crippen LogP contribution is 2.08. The Balaban J connectivity index is 2.15. The first-order valence-electron chi connectivity index (χ1n) is 4.81. The summed E-state index contributed by atoms with van der Waals surface area (Å²) in [5.74, 6) is 1.03. The molecule has 0 heterocycles. The van der Waals surface area contributed by atoms with Crippen molar-refractivity contribution in [3.63, 3.8) is 0 Å². The molecule has 1 aromatic rings. The molecular formula is C11H16FNS. The van der Waals surface area contributed by atoms with Gasteiger partial charge in [0.25, 0.3) is 0 Å². The maximum absolute atomic E-state index is 12.5. The molecule has 0 saturated heterocycles. The summed E-state index contributed by atoms with van der Waals surface area (Å²) >= 11 is 1.87. The van der Waals surface area contributed by atoms with Crippen LogP contribution in [0.5, 0.6) is 0 Å². The van der Waals surface area contributed by atoms with Gasteiger partial charge >= 0.3 is 0 Å². The van der Waals surface area contributed by atoms with Gasteiger partial charge in [0.2, 0.25) is 0 Å². The number of unbranched alkanes of at least 4 members (excludes halogenated alkanes) is 1. The van der Waals surface area contributed by atoms with E-state index in [1.165, 1.54) is 24.3 Å². The minimum absolute atomic E-state index is 0.182. The van der Waals surface area contributed by atoms with Gasteiger partial charge in [-0.25, -0.2) is 4.39 Å². The summed E-state index contributed by atoms with van der Waals surface area (Å²) in [6, 6.07) is 6.49. The zero-order valence-electron chi connectivity index (χ0n) is 8.42. The van der Waals surface area contributed by atoms with Crippen molar-refractivity contribution in [3.8, 4) is 0 Å². The molecule has 0 spiro atoms. The van der Waals surface area contributed by atoms with Gasteiger partial charge in [0, 0.05) is 12.2 Å². The number of benzene rings is 1. The minimum Gasteiger partial charge on any atom is -0.385 e. The lowest BCUT2D eigenvalue weighted by Crippen LogP contribution is -2.01. The Labute approximate surface area is 89.1 Å². The first-order chi connectivity index (χ1) is 6.83. The van der Waals surface area contributed by atoms with Crippen LogP contribution in [0.1, 0.15) is 12.8 Å². The lowest BCUT2D eigenvalue weighted by atomic mass is 10.3. The molecule has 0 aliphatic rings. The summed E-state index contributed by atoms with van der Waals surface area (Å²) < 4.78 is 12.5. The maximum Gasteiger partial charge on any atom is 0.123 e. The van der Waals surface area contributed by atoms with Crippen molar-refractivity contribution in [3.05, 3.63) is 30.1 Å². The fraction of sp³-hybridized carbons (Fsp3) is 0.455. The third-order valence-corrected chi connectivity index (χ3v) is 2.65. The van der Waals surface area contributed by atoms with Crippen LogP contribution < -0.4 is 5.32 Å². The van der Waals surface area contributed by atoms with E-state index < -0.39 is 0 Å². The van der Waals surface area contributed by atoms with Crippen molar-refractivity contribution in [1.82, 2.24) is 0 Å². The fourth-order valence-electron chi connectivity index (χ4n) is 1.17. The molecule has 1 rings (SSSR count). The molecule has 0 aliphatic carbocycles. The second kappa shape index (κ2) is 6.71. The second-order valence-electron chi connectivity index (χ2n) is 3.13. The Bertz CT molecular complexity index is 248. The van der Waals surface area contributed by atoms with E-state index in [0.717, 1.165) is 18.7 Å². The zero-order chi connectivity index (χ0) is 10.2. The van der Waals surface area contributed by atoms with Crippen LogP contribution in [0.15, 0.2) is 24.3 Å². The van der Waals surface area contributed by atoms with Crippen LogP contribution >= 0.6 is 11.8 Å². The summed E-state index contributed by atoms with van der Waals surface area (Å²) in [6.45, 7) is 0.964. The molecule has 1 aromatic carbocycles. The van der Waals surface area contributed by atoms with Gasteiger partial charge in [-0.2, -0.15) is 11.8 Å². The van der Waals surface area contributed by atoms with Crippen molar-refractivity contribution in [2.45, 2.75) is 12.8 Å². The van der Waals surface area contributed by atoms with Gasteiger partial charge in [0.15, 0.2) is 0 Å². The van der Waals surface area contributed by atoms with E-state index in [1.54, 1.807) is 12.1 Å². The van der Waals surface area contributed by atoms with Gasteiger partial charge in [0.1, 0.15) is 5.82 Å². The van der Waals surface area contributed by atoms with Crippen molar-refractivity contribution in [1.29, 1.82) is 0 Å². The molecule has 14 heavy (non-hydrogen) atoms. The molecule has 0 atom stereocenters. The van der Waals surface area contributed by atoms with Gasteiger partial charge < -0.3 is 5.32 Å². The Morgan fingerprint density at radius 1 is 1.21 bits per heavy atom. The van der Waals surface area contributed by atoms with Gasteiger partial charge in [0.05, 0.1) is 0 Å². The number of thioether (sulfide) groups is 1. The largest absolute Gasteiger partial charge is 0.385 e. The molecule has 0 unspecified atom stereocenters. The number of anilines is 1. The fourth-order valence-corrected chi connectivity index (χ4v) is 1.66. The van der Waals surface area contributed by atoms with E-state index in [4.69, 9.17) is 0 Å². The van der Waals surface area contributed by atoms with E-state index in [0.29, 0.717) is 0 Å². The summed E-state index contributed by atoms with van der Waals surface area (Å²) in [5.41, 5.74) is 0.996. The van der Waals surface area contributed by atoms with Crippen molar-refractivity contribution < 1.29 is 4.39 Å². The SMILES string of the molecule is CSCCCCNc1ccc(F)cc1. The minimum atomic E-state index is -0.182. The molecule has 0 bridgehead atoms. The molecule has 1 N–H and O–H groups in total. The van der Waals surface area contributed by atoms with Gasteiger partial charge in [-0.15, -0.1) is 0 Å². The van der Waals surface area contributed by atoms with Gasteiger partial charge in [-0.1, -0.05) is 0 Å². The van der Waals surface area contributed by atoms with Crippen LogP contribution in [0, 0.1) is 5.82 Å². The Morgan fingerprint density at radius 3 is 2.57 bits per heavy atom. The molecule has 0 aliphatic heterocycles. The lowest BCUT2D eigenvalue weighted by Gasteiger charge is -2.05. The second-order valence-corrected chi connectivity index (χ2v) is 4.12. The summed E-state index contributed by atoms with van der Waals surface area (Å²) in [6.07, 6.45) is 4.51. The summed E-state index contributed by atoms with van der Waals surface area (Å²) in [5, 5.41) is 3.25. The highest BCUT2D eigenvalue weighted by molar-refractivity contribution is 7.98. The quantitative estimate of drug-likeness (QED) is 0.727. The predicted octanol–water partition coefficient (Wildman–Crippen LogP) is 3.38. The van der Waals surface area contributed by atoms with Crippen LogP contribution in [0.2, 0.25) is 0 Å². The van der Waals surface area contributed by atoms with Crippen molar-refractivity contribution in [2.75, 3.05) is 23.9 Å². The Kier molecular flexibility index (Phi) is 5.45. The van der Waals surface area contributed by atoms with E-state index >= 15 is 0 Å². The molecule has 0 amide bonds. The first kappa shape index (κ1) is 11.4. The molecule has 0 aromatic heterocycles. The molecule has 0 saturated carbocycles. The summed E-state index contributed by atoms with van der Waals surface area (Å²) in [7, 11) is 0. The standard InChI is InChI=1S/C11H16FNS/c1-14-9-3-2-8-13-11-6-4-10(12)5-7-11/h4-7,13H,2-3,8-9H2,1H3. The summed E-state index contributed by atoms with van der Waals surface area (Å²) in [4.78, 5) is 0. The zero-order valence-corrected chi connectivity index (χ0v) is 9.24. The third-order valence-electron chi connectivity index (χ3n) is 1.95. The molecule has 78 valence electrons. The molecule has 0 radical (unpaired) electrons. The van der Waals surface area contributed by atoms with Crippen molar-refractivity contribution in [2.24, 2.45) is 0 Å². The lowest BCUT2D eigenvalue weighted by molar-refractivity contribution is 0.628. The Morgan fingerprint density at radius 2 is 1.93 bits per heavy atom. The van der Waals surface area contributed by atoms with E-state index in [1.807, 2.05) is 11.8 Å². The van der Waals surface area contributed by atoms with E-state index in [9.17, 15) is 4.39 Å². The highest BCUT2D eigenvalue weighted by atomic mass is 32.2. The average Bonchev–Trinajstić information content (AvgIpc) is 2.21. The first-order valence-corrected chi connectivity index (χ1v) is 6.20. The van der Waals surface area contributed by atoms with Crippen LogP contribution in [-0.4, -0.2) is 18.6 Å². The van der Waals surface area contributed by atoms with Crippen LogP contribution in [-0.2, 0) is 0 Å². The van der Waals surface area contributed by atoms with Crippen LogP contribution in [0.3, 0.4) is 0 Å². The maximum atomic E-state index is 12.5. The monoisotopic (exact) mass is 213 g/mol. The normalized spacial score (nSPS) is 10.1. The molecule has 0 fully saturated rings. The predicted molar refractivity (Wildman–Crippen MR) is 62.5 cm³/mol. The number of hydrogen-bond donors (Lipinski definition) is 1. The van der Waals surface area contributed by atoms with Gasteiger partial charge in [-0.3, -0.25) is 0 Å². The van der Waals surface area contributed by atoms with Gasteiger partial charge in [-0.05, 0) is 49.1 Å². The number of halogens is 1. The molecular weight excluding hydrogens is 197 g/mol.